The van der Waals surface area contributed by atoms with E-state index in [1.54, 1.807) is 6.92 Å². The number of fused-ring (bicyclic) bond motifs is 5. The Hall–Kier alpha value is -1.34. The zero-order valence-electron chi connectivity index (χ0n) is 19.2. The van der Waals surface area contributed by atoms with Gasteiger partial charge >= 0.3 is 12.1 Å². The fourth-order valence-electron chi connectivity index (χ4n) is 8.22. The molecule has 0 heterocycles. The Labute approximate surface area is 185 Å². The number of aliphatic hydroxyl groups is 1. The number of carbonyl (C=O) groups excluding carboxylic acids is 1. The summed E-state index contributed by atoms with van der Waals surface area (Å²) in [5, 5.41) is 21.8. The second-order valence-electron chi connectivity index (χ2n) is 11.5. The second-order valence-corrected chi connectivity index (χ2v) is 11.5. The van der Waals surface area contributed by atoms with Crippen molar-refractivity contribution in [3.05, 3.63) is 0 Å². The van der Waals surface area contributed by atoms with Crippen LogP contribution in [0.3, 0.4) is 0 Å². The summed E-state index contributed by atoms with van der Waals surface area (Å²) in [7, 11) is 0. The number of aliphatic carboxylic acids is 1. The Balaban J connectivity index is 1.46. The molecule has 0 aliphatic heterocycles. The third-order valence-electron chi connectivity index (χ3n) is 10.1. The first-order valence-corrected chi connectivity index (χ1v) is 12.2. The van der Waals surface area contributed by atoms with Crippen LogP contribution in [0.5, 0.6) is 0 Å². The van der Waals surface area contributed by atoms with E-state index in [-0.39, 0.29) is 34.9 Å². The van der Waals surface area contributed by atoms with Gasteiger partial charge in [-0.15, -0.1) is 0 Å². The minimum absolute atomic E-state index is 0.0767. The van der Waals surface area contributed by atoms with Gasteiger partial charge in [-0.2, -0.15) is 0 Å². The lowest BCUT2D eigenvalue weighted by atomic mass is 9.42. The van der Waals surface area contributed by atoms with Crippen LogP contribution in [-0.2, 0) is 9.53 Å². The highest BCUT2D eigenvalue weighted by molar-refractivity contribution is 5.72. The topological polar surface area (TPSA) is 122 Å². The summed E-state index contributed by atoms with van der Waals surface area (Å²) in [6.45, 7) is 6.38. The Morgan fingerprint density at radius 1 is 1.10 bits per heavy atom. The van der Waals surface area contributed by atoms with Crippen LogP contribution in [0.1, 0.15) is 78.6 Å². The number of carboxylic acid groups (broad SMARTS) is 1. The normalized spacial score (nSPS) is 47.5. The molecule has 4 aliphatic rings. The van der Waals surface area contributed by atoms with Crippen LogP contribution in [-0.4, -0.2) is 46.6 Å². The summed E-state index contributed by atoms with van der Waals surface area (Å²) in [5.74, 6) is 0.389. The maximum absolute atomic E-state index is 12.1. The Morgan fingerprint density at radius 3 is 2.52 bits per heavy atom. The van der Waals surface area contributed by atoms with Gasteiger partial charge in [0.05, 0.1) is 12.0 Å². The Bertz CT molecular complexity index is 729. The first kappa shape index (κ1) is 22.8. The summed E-state index contributed by atoms with van der Waals surface area (Å²) < 4.78 is 5.67. The fraction of sp³-hybridized carbons (Fsp3) is 0.917. The molecule has 0 aromatic rings. The van der Waals surface area contributed by atoms with Gasteiger partial charge in [0.15, 0.2) is 0 Å². The van der Waals surface area contributed by atoms with Crippen molar-refractivity contribution in [2.45, 2.75) is 96.3 Å². The van der Waals surface area contributed by atoms with Crippen LogP contribution in [0.25, 0.3) is 0 Å². The van der Waals surface area contributed by atoms with Crippen molar-refractivity contribution in [2.24, 2.45) is 40.2 Å². The van der Waals surface area contributed by atoms with Gasteiger partial charge in [-0.1, -0.05) is 13.8 Å². The average molecular weight is 437 g/mol. The molecule has 4 rings (SSSR count). The molecule has 0 radical (unpaired) electrons. The summed E-state index contributed by atoms with van der Waals surface area (Å²) >= 11 is 0. The van der Waals surface area contributed by atoms with E-state index in [2.05, 4.69) is 19.2 Å². The number of carboxylic acids is 1. The zero-order valence-corrected chi connectivity index (χ0v) is 19.2. The minimum atomic E-state index is -0.681. The standard InChI is InChI=1S/C24H40N2O5/c1-14(27)13-26-21(30)31-16-6-9-22(2)15(12-16)4-5-18-17(22)7-10-23(3)19(20(28)29)8-11-24(18,23)25/h14-19,27H,4-13,25H2,1-3H3,(H,26,30)(H,28,29)/t14?,15-,16+,17+,18-,19-,22+,23-,24+/m1/s1. The smallest absolute Gasteiger partial charge is 0.407 e. The molecule has 9 atom stereocenters. The third kappa shape index (κ3) is 3.56. The van der Waals surface area contributed by atoms with E-state index in [0.29, 0.717) is 24.2 Å². The van der Waals surface area contributed by atoms with Gasteiger partial charge in [0, 0.05) is 12.1 Å². The van der Waals surface area contributed by atoms with Gasteiger partial charge < -0.3 is 26.0 Å². The van der Waals surface area contributed by atoms with Crippen molar-refractivity contribution in [1.29, 1.82) is 0 Å². The van der Waals surface area contributed by atoms with E-state index < -0.39 is 18.2 Å². The van der Waals surface area contributed by atoms with E-state index in [0.717, 1.165) is 51.4 Å². The number of alkyl carbamates (subject to hydrolysis) is 1. The van der Waals surface area contributed by atoms with Crippen LogP contribution < -0.4 is 11.1 Å². The van der Waals surface area contributed by atoms with Crippen molar-refractivity contribution in [1.82, 2.24) is 5.32 Å². The number of ether oxygens (including phenoxy) is 1. The highest BCUT2D eigenvalue weighted by Gasteiger charge is 2.67. The Morgan fingerprint density at radius 2 is 1.84 bits per heavy atom. The molecule has 0 bridgehead atoms. The summed E-state index contributed by atoms with van der Waals surface area (Å²) in [4.78, 5) is 24.0. The second kappa shape index (κ2) is 7.91. The number of rotatable bonds is 4. The molecule has 7 nitrogen and oxygen atoms in total. The number of hydrogen-bond donors (Lipinski definition) is 4. The molecule has 0 aromatic carbocycles. The van der Waals surface area contributed by atoms with Gasteiger partial charge in [-0.3, -0.25) is 4.79 Å². The SMILES string of the molecule is CC(O)CNC(=O)O[C@H]1CC[C@@]2(C)[C@H](CC[C@@H]3[C@@H]2CC[C@]2(C)[C@@H](C(=O)O)CC[C@]32N)C1. The summed E-state index contributed by atoms with van der Waals surface area (Å²) in [6.07, 6.45) is 7.22. The number of nitrogens with one attached hydrogen (secondary N) is 1. The van der Waals surface area contributed by atoms with Gasteiger partial charge in [-0.05, 0) is 93.3 Å². The molecule has 0 aromatic heterocycles. The van der Waals surface area contributed by atoms with E-state index in [4.69, 9.17) is 10.5 Å². The molecule has 176 valence electrons. The van der Waals surface area contributed by atoms with Crippen molar-refractivity contribution in [3.8, 4) is 0 Å². The first-order chi connectivity index (χ1) is 14.5. The van der Waals surface area contributed by atoms with Crippen molar-refractivity contribution >= 4 is 12.1 Å². The highest BCUT2D eigenvalue weighted by atomic mass is 16.6. The van der Waals surface area contributed by atoms with Crippen LogP contribution in [0, 0.1) is 34.5 Å². The maximum Gasteiger partial charge on any atom is 0.407 e. The molecule has 7 heteroatoms. The predicted octanol–water partition coefficient (Wildman–Crippen LogP) is 3.29. The largest absolute Gasteiger partial charge is 0.481 e. The molecule has 1 amide bonds. The highest BCUT2D eigenvalue weighted by Crippen LogP contribution is 2.68. The van der Waals surface area contributed by atoms with Crippen LogP contribution in [0.15, 0.2) is 0 Å². The molecule has 4 saturated carbocycles. The maximum atomic E-state index is 12.1. The Kier molecular flexibility index (Phi) is 5.83. The molecule has 0 spiro atoms. The quantitative estimate of drug-likeness (QED) is 0.536. The van der Waals surface area contributed by atoms with Gasteiger partial charge in [0.2, 0.25) is 0 Å². The number of hydrogen-bond acceptors (Lipinski definition) is 5. The number of aliphatic hydroxyl groups excluding tert-OH is 1. The lowest BCUT2D eigenvalue weighted by molar-refractivity contribution is -0.157. The van der Waals surface area contributed by atoms with Gasteiger partial charge in [0.1, 0.15) is 6.10 Å². The van der Waals surface area contributed by atoms with E-state index in [1.807, 2.05) is 0 Å². The van der Waals surface area contributed by atoms with Gasteiger partial charge in [-0.25, -0.2) is 4.79 Å². The number of amides is 1. The zero-order chi connectivity index (χ0) is 22.6. The molecule has 4 fully saturated rings. The summed E-state index contributed by atoms with van der Waals surface area (Å²) in [6, 6.07) is 0. The molecule has 0 saturated heterocycles. The van der Waals surface area contributed by atoms with Gasteiger partial charge in [0.25, 0.3) is 0 Å². The van der Waals surface area contributed by atoms with Crippen LogP contribution in [0.4, 0.5) is 4.79 Å². The average Bonchev–Trinajstić information content (AvgIpc) is 2.98. The predicted molar refractivity (Wildman–Crippen MR) is 116 cm³/mol. The van der Waals surface area contributed by atoms with Crippen molar-refractivity contribution in [3.63, 3.8) is 0 Å². The molecular formula is C24H40N2O5. The number of nitrogens with two attached hydrogens (primary N) is 1. The van der Waals surface area contributed by atoms with Crippen molar-refractivity contribution < 1.29 is 24.5 Å². The first-order valence-electron chi connectivity index (χ1n) is 12.2. The number of carbonyl (C=O) groups is 2. The monoisotopic (exact) mass is 436 g/mol. The molecule has 31 heavy (non-hydrogen) atoms. The minimum Gasteiger partial charge on any atom is -0.481 e. The van der Waals surface area contributed by atoms with Crippen LogP contribution in [0.2, 0.25) is 0 Å². The fourth-order valence-corrected chi connectivity index (χ4v) is 8.22. The van der Waals surface area contributed by atoms with E-state index >= 15 is 0 Å². The van der Waals surface area contributed by atoms with E-state index in [1.165, 1.54) is 0 Å². The molecular weight excluding hydrogens is 396 g/mol. The lowest BCUT2D eigenvalue weighted by Crippen LogP contribution is -2.66. The third-order valence-corrected chi connectivity index (χ3v) is 10.1. The molecule has 1 unspecified atom stereocenters. The van der Waals surface area contributed by atoms with E-state index in [9.17, 15) is 19.8 Å². The molecule has 5 N–H and O–H groups in total. The summed E-state index contributed by atoms with van der Waals surface area (Å²) in [5.41, 5.74) is 6.62. The molecule has 4 aliphatic carbocycles. The van der Waals surface area contributed by atoms with Crippen molar-refractivity contribution in [2.75, 3.05) is 6.54 Å². The van der Waals surface area contributed by atoms with Crippen LogP contribution >= 0.6 is 0 Å². The lowest BCUT2D eigenvalue weighted by Gasteiger charge is -2.64.